The van der Waals surface area contributed by atoms with Crippen LogP contribution in [-0.2, 0) is 0 Å². The van der Waals surface area contributed by atoms with Crippen molar-refractivity contribution in [3.8, 4) is 0 Å². The SMILES string of the molecule is Cc1cccc2c1=C1N(C)C(c3ccccc3)=C3N1C1=C(C=CCC=21)C(C(F)(F)F)(C(F)(F)F)C3(C(F)(F)F)C(F)(F)F. The molecule has 2 nitrogen and oxygen atoms in total. The zero-order valence-corrected chi connectivity index (χ0v) is 21.9. The van der Waals surface area contributed by atoms with Gasteiger partial charge in [0.15, 0.2) is 0 Å². The van der Waals surface area contributed by atoms with E-state index < -0.39 is 69.6 Å². The molecule has 2 aromatic rings. The highest BCUT2D eigenvalue weighted by Crippen LogP contribution is 2.80. The van der Waals surface area contributed by atoms with Gasteiger partial charge in [-0.1, -0.05) is 60.7 Å². The quantitative estimate of drug-likeness (QED) is 0.309. The Morgan fingerprint density at radius 1 is 0.674 bits per heavy atom. The van der Waals surface area contributed by atoms with E-state index in [1.165, 1.54) is 43.3 Å². The van der Waals surface area contributed by atoms with Crippen molar-refractivity contribution in [3.05, 3.63) is 99.2 Å². The van der Waals surface area contributed by atoms with E-state index >= 15 is 52.7 Å². The maximum Gasteiger partial charge on any atom is 0.410 e. The summed E-state index contributed by atoms with van der Waals surface area (Å²) in [5.74, 6) is -0.413. The molecule has 4 aliphatic rings. The fourth-order valence-electron chi connectivity index (χ4n) is 7.17. The van der Waals surface area contributed by atoms with Gasteiger partial charge in [-0.3, -0.25) is 4.90 Å². The maximum absolute atomic E-state index is 15.4. The molecule has 0 bridgehead atoms. The first-order chi connectivity index (χ1) is 19.8. The minimum atomic E-state index is -7.17. The van der Waals surface area contributed by atoms with E-state index in [1.54, 1.807) is 0 Å². The van der Waals surface area contributed by atoms with Crippen LogP contribution in [0.2, 0.25) is 0 Å². The summed E-state index contributed by atoms with van der Waals surface area (Å²) in [6.07, 6.45) is -28.1. The minimum Gasteiger partial charge on any atom is -0.328 e. The first-order valence-electron chi connectivity index (χ1n) is 12.6. The molecular formula is C29H18F12N2. The van der Waals surface area contributed by atoms with Crippen LogP contribution in [0.1, 0.15) is 17.5 Å². The molecule has 14 heteroatoms. The van der Waals surface area contributed by atoms with Gasteiger partial charge >= 0.3 is 24.7 Å². The van der Waals surface area contributed by atoms with E-state index in [1.807, 2.05) is 0 Å². The molecule has 0 aromatic heterocycles. The molecule has 3 aliphatic heterocycles. The molecule has 0 unspecified atom stereocenters. The maximum atomic E-state index is 15.4. The molecule has 6 rings (SSSR count). The van der Waals surface area contributed by atoms with Gasteiger partial charge in [0, 0.05) is 23.4 Å². The van der Waals surface area contributed by atoms with Crippen molar-refractivity contribution in [3.63, 3.8) is 0 Å². The summed E-state index contributed by atoms with van der Waals surface area (Å²) in [4.78, 5) is 1.16. The Morgan fingerprint density at radius 2 is 1.23 bits per heavy atom. The van der Waals surface area contributed by atoms with Crippen molar-refractivity contribution >= 4 is 17.1 Å². The highest BCUT2D eigenvalue weighted by Gasteiger charge is 2.97. The molecule has 2 aromatic carbocycles. The predicted molar refractivity (Wildman–Crippen MR) is 130 cm³/mol. The number of allylic oxidation sites excluding steroid dienone is 5. The Kier molecular flexibility index (Phi) is 5.72. The van der Waals surface area contributed by atoms with Crippen molar-refractivity contribution in [2.45, 2.75) is 38.0 Å². The zero-order chi connectivity index (χ0) is 31.7. The van der Waals surface area contributed by atoms with Gasteiger partial charge in [-0.25, -0.2) is 0 Å². The summed E-state index contributed by atoms with van der Waals surface area (Å²) in [7, 11) is 1.03. The minimum absolute atomic E-state index is 0.0894. The fourth-order valence-corrected chi connectivity index (χ4v) is 7.17. The van der Waals surface area contributed by atoms with Gasteiger partial charge in [-0.2, -0.15) is 52.7 Å². The van der Waals surface area contributed by atoms with Crippen molar-refractivity contribution in [2.75, 3.05) is 7.05 Å². The first kappa shape index (κ1) is 29.2. The van der Waals surface area contributed by atoms with E-state index in [9.17, 15) is 0 Å². The third kappa shape index (κ3) is 3.19. The molecule has 1 aliphatic carbocycles. The highest BCUT2D eigenvalue weighted by atomic mass is 19.4. The number of benzene rings is 2. The Balaban J connectivity index is 2.05. The molecule has 43 heavy (non-hydrogen) atoms. The van der Waals surface area contributed by atoms with Crippen LogP contribution >= 0.6 is 0 Å². The van der Waals surface area contributed by atoms with Crippen molar-refractivity contribution in [1.82, 2.24) is 9.80 Å². The Hall–Kier alpha value is -3.84. The average molecular weight is 622 g/mol. The normalized spacial score (nSPS) is 21.1. The van der Waals surface area contributed by atoms with E-state index in [0.29, 0.717) is 10.5 Å². The summed E-state index contributed by atoms with van der Waals surface area (Å²) in [5.41, 5.74) is -19.8. The number of aryl methyl sites for hydroxylation is 1. The number of alkyl halides is 12. The number of hydrogen-bond acceptors (Lipinski definition) is 2. The lowest BCUT2D eigenvalue weighted by molar-refractivity contribution is -0.452. The summed E-state index contributed by atoms with van der Waals surface area (Å²) in [6.45, 7) is 1.50. The molecule has 0 amide bonds. The number of nitrogens with zero attached hydrogens (tertiary/aromatic N) is 2. The second-order valence-electron chi connectivity index (χ2n) is 10.6. The van der Waals surface area contributed by atoms with E-state index in [-0.39, 0.29) is 28.5 Å². The van der Waals surface area contributed by atoms with Crippen LogP contribution in [-0.4, -0.2) is 41.6 Å². The van der Waals surface area contributed by atoms with Crippen LogP contribution in [0, 0.1) is 17.8 Å². The van der Waals surface area contributed by atoms with E-state index in [4.69, 9.17) is 0 Å². The van der Waals surface area contributed by atoms with Crippen LogP contribution in [0.25, 0.3) is 17.1 Å². The van der Waals surface area contributed by atoms with E-state index in [2.05, 4.69) is 0 Å². The van der Waals surface area contributed by atoms with Gasteiger partial charge in [0.25, 0.3) is 0 Å². The number of fused-ring (bicyclic) bond motifs is 1. The first-order valence-corrected chi connectivity index (χ1v) is 12.6. The zero-order valence-electron chi connectivity index (χ0n) is 21.9. The van der Waals surface area contributed by atoms with Crippen LogP contribution in [0.3, 0.4) is 0 Å². The van der Waals surface area contributed by atoms with Crippen LogP contribution in [0.5, 0.6) is 0 Å². The molecular weight excluding hydrogens is 604 g/mol. The largest absolute Gasteiger partial charge is 0.410 e. The lowest BCUT2D eigenvalue weighted by Crippen LogP contribution is -2.75. The predicted octanol–water partition coefficient (Wildman–Crippen LogP) is 7.29. The molecule has 0 atom stereocenters. The molecule has 0 radical (unpaired) electrons. The smallest absolute Gasteiger partial charge is 0.328 e. The number of hydrogen-bond donors (Lipinski definition) is 0. The molecule has 0 spiro atoms. The topological polar surface area (TPSA) is 6.48 Å². The van der Waals surface area contributed by atoms with Crippen LogP contribution < -0.4 is 10.4 Å². The summed E-state index contributed by atoms with van der Waals surface area (Å²) < 4.78 is 184. The van der Waals surface area contributed by atoms with Crippen molar-refractivity contribution in [1.29, 1.82) is 0 Å². The van der Waals surface area contributed by atoms with Gasteiger partial charge in [-0.05, 0) is 29.7 Å². The van der Waals surface area contributed by atoms with Crippen molar-refractivity contribution < 1.29 is 52.7 Å². The molecule has 0 saturated carbocycles. The molecule has 0 saturated heterocycles. The fraction of sp³-hybridized carbons (Fsp3) is 0.310. The summed E-state index contributed by atoms with van der Waals surface area (Å²) >= 11 is 0. The van der Waals surface area contributed by atoms with E-state index in [0.717, 1.165) is 30.2 Å². The molecule has 3 heterocycles. The van der Waals surface area contributed by atoms with Gasteiger partial charge in [0.1, 0.15) is 5.82 Å². The number of rotatable bonds is 1. The number of halogens is 12. The van der Waals surface area contributed by atoms with Crippen LogP contribution in [0.4, 0.5) is 52.7 Å². The van der Waals surface area contributed by atoms with Gasteiger partial charge in [-0.15, -0.1) is 0 Å². The van der Waals surface area contributed by atoms with Crippen molar-refractivity contribution in [2.24, 2.45) is 10.8 Å². The Bertz CT molecular complexity index is 1740. The molecule has 0 N–H and O–H groups in total. The second-order valence-corrected chi connectivity index (χ2v) is 10.6. The summed E-state index contributed by atoms with van der Waals surface area (Å²) in [6, 6.07) is 10.1. The molecule has 228 valence electrons. The molecule has 0 fully saturated rings. The highest BCUT2D eigenvalue weighted by molar-refractivity contribution is 5.89. The van der Waals surface area contributed by atoms with Gasteiger partial charge in [0.2, 0.25) is 10.8 Å². The second kappa shape index (κ2) is 8.41. The Labute approximate surface area is 235 Å². The lowest BCUT2D eigenvalue weighted by atomic mass is 9.51. The standard InChI is InChI=1S/C29H18F12N2/c1-14-8-6-11-16-17-12-7-13-18-21(17)43-22(20(15-9-4-3-5-10-15)42(2)23(43)19(14)16)25(28(36,37)38,29(39,40)41)24(18,26(30,31)32)27(33,34)35/h3-11,13H,12H2,1-2H3. The third-order valence-corrected chi connectivity index (χ3v) is 8.58. The lowest BCUT2D eigenvalue weighted by Gasteiger charge is -2.59. The average Bonchev–Trinajstić information content (AvgIpc) is 3.17. The Morgan fingerprint density at radius 3 is 1.77 bits per heavy atom. The summed E-state index contributed by atoms with van der Waals surface area (Å²) in [5, 5.41) is 0.194. The van der Waals surface area contributed by atoms with Gasteiger partial charge in [0.05, 0.1) is 17.1 Å². The third-order valence-electron chi connectivity index (χ3n) is 8.58. The monoisotopic (exact) mass is 622 g/mol. The van der Waals surface area contributed by atoms with Gasteiger partial charge < -0.3 is 4.90 Å². The van der Waals surface area contributed by atoms with Crippen LogP contribution in [0.15, 0.2) is 77.7 Å².